The van der Waals surface area contributed by atoms with Crippen LogP contribution < -0.4 is 0 Å². The zero-order valence-corrected chi connectivity index (χ0v) is 18.4. The van der Waals surface area contributed by atoms with Crippen LogP contribution in [-0.2, 0) is 11.3 Å². The lowest BCUT2D eigenvalue weighted by atomic mass is 10.1. The second-order valence-corrected chi connectivity index (χ2v) is 8.31. The van der Waals surface area contributed by atoms with E-state index in [9.17, 15) is 15.2 Å². The molecule has 9 nitrogen and oxygen atoms in total. The molecule has 33 heavy (non-hydrogen) atoms. The van der Waals surface area contributed by atoms with Crippen LogP contribution in [-0.4, -0.2) is 46.8 Å². The summed E-state index contributed by atoms with van der Waals surface area (Å²) >= 11 is 0. The number of aryl methyl sites for hydroxylation is 1. The number of amides is 1. The Labute approximate surface area is 190 Å². The molecule has 1 fully saturated rings. The average Bonchev–Trinajstić information content (AvgIpc) is 3.51. The van der Waals surface area contributed by atoms with E-state index in [2.05, 4.69) is 10.1 Å². The summed E-state index contributed by atoms with van der Waals surface area (Å²) in [5.74, 6) is 1.26. The second-order valence-electron chi connectivity index (χ2n) is 8.31. The highest BCUT2D eigenvalue weighted by molar-refractivity contribution is 5.79. The van der Waals surface area contributed by atoms with Gasteiger partial charge in [-0.1, -0.05) is 6.07 Å². The van der Waals surface area contributed by atoms with Gasteiger partial charge in [-0.3, -0.25) is 9.36 Å². The van der Waals surface area contributed by atoms with Gasteiger partial charge in [-0.15, -0.1) is 0 Å². The fourth-order valence-corrected chi connectivity index (χ4v) is 4.25. The lowest BCUT2D eigenvalue weighted by Crippen LogP contribution is -2.23. The third-order valence-electron chi connectivity index (χ3n) is 5.95. The summed E-state index contributed by atoms with van der Waals surface area (Å²) in [4.78, 5) is 23.2. The van der Waals surface area contributed by atoms with E-state index in [1.807, 2.05) is 52.8 Å². The standard InChI is InChI=1S/C24H23N7O2/c1-15-10-18(12-25)28-31(15)24-19(16(2)32)6-8-22(27-24)30-14-26-20-7-5-17(11-21(20)30)13-29-9-3-4-23(29)33/h5-8,10-11,14,16,32H,3-4,9,13H2,1-2H3. The molecule has 0 spiro atoms. The van der Waals surface area contributed by atoms with E-state index < -0.39 is 6.10 Å². The number of aromatic nitrogens is 5. The number of aliphatic hydroxyl groups is 1. The number of nitrogens with zero attached hydrogens (tertiary/aromatic N) is 7. The molecule has 4 aromatic rings. The highest BCUT2D eigenvalue weighted by Crippen LogP contribution is 2.26. The minimum Gasteiger partial charge on any atom is -0.389 e. The topological polar surface area (TPSA) is 113 Å². The number of hydrogen-bond donors (Lipinski definition) is 1. The van der Waals surface area contributed by atoms with Crippen molar-refractivity contribution in [3.05, 3.63) is 65.2 Å². The van der Waals surface area contributed by atoms with Gasteiger partial charge in [0.05, 0.1) is 17.1 Å². The summed E-state index contributed by atoms with van der Waals surface area (Å²) in [5, 5.41) is 23.9. The zero-order valence-electron chi connectivity index (χ0n) is 18.4. The molecule has 1 amide bonds. The number of imidazole rings is 1. The molecule has 9 heteroatoms. The van der Waals surface area contributed by atoms with Crippen molar-refractivity contribution < 1.29 is 9.90 Å². The van der Waals surface area contributed by atoms with Gasteiger partial charge in [0.25, 0.3) is 0 Å². The number of rotatable bonds is 5. The van der Waals surface area contributed by atoms with E-state index in [0.717, 1.165) is 35.3 Å². The predicted molar refractivity (Wildman–Crippen MR) is 121 cm³/mol. The van der Waals surface area contributed by atoms with Crippen LogP contribution in [0.3, 0.4) is 0 Å². The maximum Gasteiger partial charge on any atom is 0.222 e. The fraction of sp³-hybridized carbons (Fsp3) is 0.292. The molecule has 1 aliphatic rings. The Kier molecular flexibility index (Phi) is 5.15. The number of benzene rings is 1. The summed E-state index contributed by atoms with van der Waals surface area (Å²) in [6.07, 6.45) is 2.46. The Bertz CT molecular complexity index is 1410. The molecule has 0 aliphatic carbocycles. The molecule has 1 aliphatic heterocycles. The van der Waals surface area contributed by atoms with Gasteiger partial charge in [0.15, 0.2) is 11.5 Å². The summed E-state index contributed by atoms with van der Waals surface area (Å²) in [6.45, 7) is 4.87. The highest BCUT2D eigenvalue weighted by atomic mass is 16.3. The van der Waals surface area contributed by atoms with Gasteiger partial charge in [0.1, 0.15) is 18.2 Å². The molecule has 4 heterocycles. The van der Waals surface area contributed by atoms with E-state index in [-0.39, 0.29) is 11.6 Å². The van der Waals surface area contributed by atoms with Gasteiger partial charge < -0.3 is 10.0 Å². The summed E-state index contributed by atoms with van der Waals surface area (Å²) < 4.78 is 3.46. The number of aliphatic hydroxyl groups excluding tert-OH is 1. The van der Waals surface area contributed by atoms with Crippen molar-refractivity contribution in [1.29, 1.82) is 5.26 Å². The molecule has 1 atom stereocenters. The first-order valence-electron chi connectivity index (χ1n) is 10.8. The van der Waals surface area contributed by atoms with Crippen LogP contribution in [0.4, 0.5) is 0 Å². The van der Waals surface area contributed by atoms with E-state index in [4.69, 9.17) is 4.98 Å². The zero-order chi connectivity index (χ0) is 23.1. The van der Waals surface area contributed by atoms with Crippen LogP contribution >= 0.6 is 0 Å². The molecular formula is C24H23N7O2. The molecule has 1 saturated heterocycles. The average molecular weight is 441 g/mol. The van der Waals surface area contributed by atoms with Gasteiger partial charge in [-0.25, -0.2) is 14.6 Å². The number of nitriles is 1. The molecule has 5 rings (SSSR count). The van der Waals surface area contributed by atoms with E-state index >= 15 is 0 Å². The number of carbonyl (C=O) groups excluding carboxylic acids is 1. The van der Waals surface area contributed by atoms with E-state index in [1.165, 1.54) is 0 Å². The molecule has 1 aromatic carbocycles. The van der Waals surface area contributed by atoms with Gasteiger partial charge in [-0.2, -0.15) is 10.4 Å². The Morgan fingerprint density at radius 2 is 2.09 bits per heavy atom. The maximum atomic E-state index is 12.0. The monoisotopic (exact) mass is 441 g/mol. The predicted octanol–water partition coefficient (Wildman–Crippen LogP) is 2.96. The van der Waals surface area contributed by atoms with E-state index in [0.29, 0.717) is 30.2 Å². The Morgan fingerprint density at radius 3 is 2.79 bits per heavy atom. The fourth-order valence-electron chi connectivity index (χ4n) is 4.25. The van der Waals surface area contributed by atoms with Crippen molar-refractivity contribution in [2.45, 2.75) is 39.3 Å². The first kappa shape index (κ1) is 20.8. The van der Waals surface area contributed by atoms with Crippen LogP contribution in [0.5, 0.6) is 0 Å². The molecule has 1 N–H and O–H groups in total. The first-order valence-corrected chi connectivity index (χ1v) is 10.8. The summed E-state index contributed by atoms with van der Waals surface area (Å²) in [6, 6.07) is 13.3. The second kappa shape index (κ2) is 8.15. The quantitative estimate of drug-likeness (QED) is 0.509. The Balaban J connectivity index is 1.59. The minimum atomic E-state index is -0.764. The van der Waals surface area contributed by atoms with Crippen LogP contribution in [0.15, 0.2) is 42.7 Å². The van der Waals surface area contributed by atoms with Gasteiger partial charge >= 0.3 is 0 Å². The van der Waals surface area contributed by atoms with Crippen LogP contribution in [0, 0.1) is 18.3 Å². The summed E-state index contributed by atoms with van der Waals surface area (Å²) in [7, 11) is 0. The number of fused-ring (bicyclic) bond motifs is 1. The lowest BCUT2D eigenvalue weighted by Gasteiger charge is -2.16. The van der Waals surface area contributed by atoms with Crippen molar-refractivity contribution in [3.8, 4) is 17.7 Å². The van der Waals surface area contributed by atoms with Crippen molar-refractivity contribution in [2.75, 3.05) is 6.54 Å². The number of hydrogen-bond acceptors (Lipinski definition) is 6. The summed E-state index contributed by atoms with van der Waals surface area (Å²) in [5.41, 5.74) is 4.35. The van der Waals surface area contributed by atoms with Gasteiger partial charge in [-0.05, 0) is 56.2 Å². The van der Waals surface area contributed by atoms with Crippen LogP contribution in [0.25, 0.3) is 22.7 Å². The lowest BCUT2D eigenvalue weighted by molar-refractivity contribution is -0.128. The number of carbonyl (C=O) groups is 1. The molecule has 3 aromatic heterocycles. The molecule has 0 saturated carbocycles. The largest absolute Gasteiger partial charge is 0.389 e. The Hall–Kier alpha value is -4.03. The van der Waals surface area contributed by atoms with Crippen LogP contribution in [0.2, 0.25) is 0 Å². The SMILES string of the molecule is Cc1cc(C#N)nn1-c1nc(-n2cnc3ccc(CN4CCCC4=O)cc32)ccc1C(C)O. The van der Waals surface area contributed by atoms with Crippen molar-refractivity contribution in [3.63, 3.8) is 0 Å². The molecular weight excluding hydrogens is 418 g/mol. The van der Waals surface area contributed by atoms with Crippen molar-refractivity contribution in [1.82, 2.24) is 29.2 Å². The molecule has 166 valence electrons. The van der Waals surface area contributed by atoms with Gasteiger partial charge in [0.2, 0.25) is 5.91 Å². The van der Waals surface area contributed by atoms with Crippen LogP contribution in [0.1, 0.15) is 48.4 Å². The third kappa shape index (κ3) is 3.75. The normalized spacial score (nSPS) is 14.7. The Morgan fingerprint density at radius 1 is 1.24 bits per heavy atom. The third-order valence-corrected chi connectivity index (χ3v) is 5.95. The molecule has 0 radical (unpaired) electrons. The number of pyridine rings is 1. The van der Waals surface area contributed by atoms with Crippen molar-refractivity contribution >= 4 is 16.9 Å². The maximum absolute atomic E-state index is 12.0. The minimum absolute atomic E-state index is 0.190. The van der Waals surface area contributed by atoms with E-state index in [1.54, 1.807) is 24.0 Å². The molecule has 0 bridgehead atoms. The number of likely N-dealkylation sites (tertiary alicyclic amines) is 1. The van der Waals surface area contributed by atoms with Gasteiger partial charge in [0, 0.05) is 30.8 Å². The van der Waals surface area contributed by atoms with Crippen molar-refractivity contribution in [2.24, 2.45) is 0 Å². The highest BCUT2D eigenvalue weighted by Gasteiger charge is 2.21. The molecule has 1 unspecified atom stereocenters. The smallest absolute Gasteiger partial charge is 0.222 e. The first-order chi connectivity index (χ1) is 15.9.